The third-order valence-corrected chi connectivity index (χ3v) is 3.57. The largest absolute Gasteiger partial charge is 0.358 e. The van der Waals surface area contributed by atoms with E-state index in [2.05, 4.69) is 12.2 Å². The molecule has 0 bridgehead atoms. The predicted molar refractivity (Wildman–Crippen MR) is 78.2 cm³/mol. The van der Waals surface area contributed by atoms with Crippen molar-refractivity contribution in [3.8, 4) is 0 Å². The molecule has 0 spiro atoms. The lowest BCUT2D eigenvalue weighted by Crippen LogP contribution is -2.48. The van der Waals surface area contributed by atoms with Crippen LogP contribution in [0.25, 0.3) is 0 Å². The van der Waals surface area contributed by atoms with Gasteiger partial charge >= 0.3 is 0 Å². The lowest BCUT2D eigenvalue weighted by molar-refractivity contribution is -0.129. The molecule has 20 heavy (non-hydrogen) atoms. The van der Waals surface area contributed by atoms with E-state index in [4.69, 9.17) is 0 Å². The number of amides is 1. The minimum Gasteiger partial charge on any atom is -0.358 e. The van der Waals surface area contributed by atoms with Crippen molar-refractivity contribution in [2.24, 2.45) is 0 Å². The van der Waals surface area contributed by atoms with Gasteiger partial charge in [-0.15, -0.1) is 0 Å². The SMILES string of the molecule is CCCNCc1ccc(N2CCN(C)C(=O)C2)c(F)c1. The quantitative estimate of drug-likeness (QED) is 0.832. The first kappa shape index (κ1) is 14.8. The molecular formula is C15H22FN3O. The Kier molecular flexibility index (Phi) is 4.95. The third kappa shape index (κ3) is 3.48. The molecule has 2 rings (SSSR count). The number of piperazine rings is 1. The highest BCUT2D eigenvalue weighted by atomic mass is 19.1. The van der Waals surface area contributed by atoms with E-state index in [0.717, 1.165) is 18.5 Å². The number of nitrogens with zero attached hydrogens (tertiary/aromatic N) is 2. The highest BCUT2D eigenvalue weighted by Gasteiger charge is 2.23. The summed E-state index contributed by atoms with van der Waals surface area (Å²) in [5.41, 5.74) is 1.45. The molecule has 1 N–H and O–H groups in total. The first-order chi connectivity index (χ1) is 9.61. The molecule has 0 aromatic heterocycles. The number of rotatable bonds is 5. The van der Waals surface area contributed by atoms with Crippen molar-refractivity contribution in [2.45, 2.75) is 19.9 Å². The smallest absolute Gasteiger partial charge is 0.241 e. The Morgan fingerprint density at radius 3 is 2.80 bits per heavy atom. The van der Waals surface area contributed by atoms with Gasteiger partial charge in [0, 0.05) is 26.7 Å². The molecule has 0 atom stereocenters. The Bertz CT molecular complexity index is 478. The molecular weight excluding hydrogens is 257 g/mol. The lowest BCUT2D eigenvalue weighted by atomic mass is 10.1. The van der Waals surface area contributed by atoms with Crippen LogP contribution in [0.5, 0.6) is 0 Å². The normalized spacial score (nSPS) is 15.8. The first-order valence-electron chi connectivity index (χ1n) is 7.10. The number of halogens is 1. The molecule has 0 saturated carbocycles. The number of nitrogens with one attached hydrogen (secondary N) is 1. The van der Waals surface area contributed by atoms with E-state index in [1.54, 1.807) is 29.0 Å². The molecule has 0 unspecified atom stereocenters. The van der Waals surface area contributed by atoms with Gasteiger partial charge in [-0.2, -0.15) is 0 Å². The maximum Gasteiger partial charge on any atom is 0.241 e. The first-order valence-corrected chi connectivity index (χ1v) is 7.10. The summed E-state index contributed by atoms with van der Waals surface area (Å²) in [6.45, 7) is 5.26. The molecule has 0 radical (unpaired) electrons. The van der Waals surface area contributed by atoms with Crippen molar-refractivity contribution in [3.63, 3.8) is 0 Å². The number of anilines is 1. The molecule has 0 aliphatic carbocycles. The average molecular weight is 279 g/mol. The van der Waals surface area contributed by atoms with Crippen molar-refractivity contribution >= 4 is 11.6 Å². The second-order valence-corrected chi connectivity index (χ2v) is 5.20. The fourth-order valence-corrected chi connectivity index (χ4v) is 2.29. The Labute approximate surface area is 119 Å². The summed E-state index contributed by atoms with van der Waals surface area (Å²) in [4.78, 5) is 15.2. The molecule has 1 aromatic rings. The summed E-state index contributed by atoms with van der Waals surface area (Å²) in [7, 11) is 1.78. The van der Waals surface area contributed by atoms with Crippen LogP contribution in [0.2, 0.25) is 0 Å². The number of benzene rings is 1. The maximum atomic E-state index is 14.2. The molecule has 1 heterocycles. The van der Waals surface area contributed by atoms with E-state index >= 15 is 0 Å². The Morgan fingerprint density at radius 2 is 2.15 bits per heavy atom. The van der Waals surface area contributed by atoms with Gasteiger partial charge in [-0.3, -0.25) is 4.79 Å². The van der Waals surface area contributed by atoms with Gasteiger partial charge in [0.2, 0.25) is 5.91 Å². The Morgan fingerprint density at radius 1 is 1.35 bits per heavy atom. The topological polar surface area (TPSA) is 35.6 Å². The standard InChI is InChI=1S/C15H22FN3O/c1-3-6-17-10-12-4-5-14(13(16)9-12)19-8-7-18(2)15(20)11-19/h4-5,9,17H,3,6-8,10-11H2,1-2H3. The third-order valence-electron chi connectivity index (χ3n) is 3.57. The van der Waals surface area contributed by atoms with Crippen molar-refractivity contribution < 1.29 is 9.18 Å². The summed E-state index contributed by atoms with van der Waals surface area (Å²) < 4.78 is 14.2. The van der Waals surface area contributed by atoms with Crippen LogP contribution in [-0.2, 0) is 11.3 Å². The predicted octanol–water partition coefficient (Wildman–Crippen LogP) is 1.60. The second kappa shape index (κ2) is 6.70. The summed E-state index contributed by atoms with van der Waals surface area (Å²) in [6, 6.07) is 5.25. The van der Waals surface area contributed by atoms with Crippen LogP contribution in [0.15, 0.2) is 18.2 Å². The summed E-state index contributed by atoms with van der Waals surface area (Å²) in [6.07, 6.45) is 1.06. The van der Waals surface area contributed by atoms with Crippen LogP contribution in [0.1, 0.15) is 18.9 Å². The number of carbonyl (C=O) groups is 1. The average Bonchev–Trinajstić information content (AvgIpc) is 2.43. The van der Waals surface area contributed by atoms with E-state index in [9.17, 15) is 9.18 Å². The van der Waals surface area contributed by atoms with Crippen molar-refractivity contribution in [1.82, 2.24) is 10.2 Å². The van der Waals surface area contributed by atoms with Crippen LogP contribution in [0, 0.1) is 5.82 Å². The molecule has 1 aliphatic heterocycles. The van der Waals surface area contributed by atoms with Gasteiger partial charge in [0.1, 0.15) is 5.82 Å². The van der Waals surface area contributed by atoms with Crippen LogP contribution in [0.3, 0.4) is 0 Å². The number of hydrogen-bond donors (Lipinski definition) is 1. The molecule has 1 aliphatic rings. The zero-order valence-corrected chi connectivity index (χ0v) is 12.2. The summed E-state index contributed by atoms with van der Waals surface area (Å²) >= 11 is 0. The Hall–Kier alpha value is -1.62. The van der Waals surface area contributed by atoms with E-state index < -0.39 is 0 Å². The highest BCUT2D eigenvalue weighted by Crippen LogP contribution is 2.22. The maximum absolute atomic E-state index is 14.2. The van der Waals surface area contributed by atoms with Gasteiger partial charge in [0.05, 0.1) is 12.2 Å². The molecule has 1 aromatic carbocycles. The van der Waals surface area contributed by atoms with Crippen molar-refractivity contribution in [3.05, 3.63) is 29.6 Å². The number of carbonyl (C=O) groups excluding carboxylic acids is 1. The van der Waals surface area contributed by atoms with E-state index in [1.165, 1.54) is 0 Å². The van der Waals surface area contributed by atoms with Crippen LogP contribution >= 0.6 is 0 Å². The van der Waals surface area contributed by atoms with Gasteiger partial charge < -0.3 is 15.1 Å². The fourth-order valence-electron chi connectivity index (χ4n) is 2.29. The minimum absolute atomic E-state index is 0.0318. The monoisotopic (exact) mass is 279 g/mol. The molecule has 1 amide bonds. The minimum atomic E-state index is -0.252. The zero-order chi connectivity index (χ0) is 14.5. The van der Waals surface area contributed by atoms with Crippen molar-refractivity contribution in [2.75, 3.05) is 38.1 Å². The molecule has 1 fully saturated rings. The van der Waals surface area contributed by atoms with Crippen LogP contribution in [-0.4, -0.2) is 44.0 Å². The summed E-state index contributed by atoms with van der Waals surface area (Å²) in [5.74, 6) is -0.220. The second-order valence-electron chi connectivity index (χ2n) is 5.20. The van der Waals surface area contributed by atoms with Gasteiger partial charge in [-0.05, 0) is 30.7 Å². The molecule has 1 saturated heterocycles. The highest BCUT2D eigenvalue weighted by molar-refractivity contribution is 5.82. The Balaban J connectivity index is 2.04. The number of hydrogen-bond acceptors (Lipinski definition) is 3. The summed E-state index contributed by atoms with van der Waals surface area (Å²) in [5, 5.41) is 3.25. The van der Waals surface area contributed by atoms with E-state index in [0.29, 0.717) is 25.3 Å². The fraction of sp³-hybridized carbons (Fsp3) is 0.533. The molecule has 4 nitrogen and oxygen atoms in total. The van der Waals surface area contributed by atoms with Gasteiger partial charge in [-0.25, -0.2) is 4.39 Å². The van der Waals surface area contributed by atoms with Gasteiger partial charge in [-0.1, -0.05) is 13.0 Å². The molecule has 110 valence electrons. The van der Waals surface area contributed by atoms with Crippen LogP contribution in [0.4, 0.5) is 10.1 Å². The lowest BCUT2D eigenvalue weighted by Gasteiger charge is -2.33. The van der Waals surface area contributed by atoms with E-state index in [-0.39, 0.29) is 18.3 Å². The molecule has 5 heteroatoms. The van der Waals surface area contributed by atoms with E-state index in [1.807, 2.05) is 6.07 Å². The van der Waals surface area contributed by atoms with Gasteiger partial charge in [0.25, 0.3) is 0 Å². The van der Waals surface area contributed by atoms with Crippen LogP contribution < -0.4 is 10.2 Å². The zero-order valence-electron chi connectivity index (χ0n) is 12.2. The van der Waals surface area contributed by atoms with Crippen molar-refractivity contribution in [1.29, 1.82) is 0 Å². The van der Waals surface area contributed by atoms with Gasteiger partial charge in [0.15, 0.2) is 0 Å². The number of likely N-dealkylation sites (N-methyl/N-ethyl adjacent to an activating group) is 1.